The number of ether oxygens (including phenoxy) is 2. The van der Waals surface area contributed by atoms with Crippen LogP contribution >= 0.6 is 19.0 Å². The Kier molecular flexibility index (Phi) is 6.18. The third-order valence-electron chi connectivity index (χ3n) is 4.30. The monoisotopic (exact) mass is 432 g/mol. The van der Waals surface area contributed by atoms with Crippen molar-refractivity contribution < 1.29 is 23.1 Å². The molecule has 4 N–H and O–H groups in total. The van der Waals surface area contributed by atoms with Crippen molar-refractivity contribution in [3.8, 4) is 0 Å². The summed E-state index contributed by atoms with van der Waals surface area (Å²) >= 11 is 4.08. The van der Waals surface area contributed by atoms with Crippen LogP contribution in [-0.4, -0.2) is 51.0 Å². The lowest BCUT2D eigenvalue weighted by Crippen LogP contribution is -2.35. The second kappa shape index (κ2) is 8.13. The Morgan fingerprint density at radius 2 is 2.07 bits per heavy atom. The Bertz CT molecular complexity index is 895. The highest BCUT2D eigenvalue weighted by molar-refractivity contribution is 8.44. The smallest absolute Gasteiger partial charge is 0.382 e. The summed E-state index contributed by atoms with van der Waals surface area (Å²) in [7, 11) is 1.51. The van der Waals surface area contributed by atoms with E-state index in [-0.39, 0.29) is 17.9 Å². The second-order valence-corrected chi connectivity index (χ2v) is 9.49. The lowest BCUT2D eigenvalue weighted by Gasteiger charge is -2.26. The van der Waals surface area contributed by atoms with Gasteiger partial charge in [0.2, 0.25) is 5.95 Å². The number of nitrogen functional groups attached to an aromatic ring is 2. The van der Waals surface area contributed by atoms with Crippen LogP contribution in [0.1, 0.15) is 33.4 Å². The van der Waals surface area contributed by atoms with Crippen LogP contribution in [0, 0.1) is 0 Å². The average molecular weight is 432 g/mol. The fraction of sp³-hybridized carbons (Fsp3) is 0.667. The zero-order chi connectivity index (χ0) is 20.6. The Labute approximate surface area is 167 Å². The first kappa shape index (κ1) is 21.3. The van der Waals surface area contributed by atoms with Crippen LogP contribution in [0.3, 0.4) is 0 Å². The molecule has 0 bridgehead atoms. The van der Waals surface area contributed by atoms with Crippen molar-refractivity contribution in [1.29, 1.82) is 0 Å². The summed E-state index contributed by atoms with van der Waals surface area (Å²) < 4.78 is 37.1. The molecule has 2 aromatic rings. The molecule has 0 radical (unpaired) electrons. The lowest BCUT2D eigenvalue weighted by atomic mass is 10.1. The normalized spacial score (nSPS) is 27.5. The molecule has 0 spiro atoms. The van der Waals surface area contributed by atoms with E-state index in [0.29, 0.717) is 17.6 Å². The molecule has 0 aliphatic carbocycles. The van der Waals surface area contributed by atoms with Crippen LogP contribution in [0.25, 0.3) is 11.2 Å². The highest BCUT2D eigenvalue weighted by atomic mass is 32.7. The van der Waals surface area contributed by atoms with Gasteiger partial charge in [-0.2, -0.15) is 9.97 Å². The topological polar surface area (TPSA) is 150 Å². The number of imidazole rings is 1. The Morgan fingerprint density at radius 3 is 2.68 bits per heavy atom. The molecule has 11 nitrogen and oxygen atoms in total. The number of rotatable bonds is 7. The molecule has 13 heteroatoms. The Balaban J connectivity index is 1.96. The molecule has 0 amide bonds. The summed E-state index contributed by atoms with van der Waals surface area (Å²) in [5, 5.41) is 0. The van der Waals surface area contributed by atoms with Crippen molar-refractivity contribution in [3.63, 3.8) is 0 Å². The van der Waals surface area contributed by atoms with Gasteiger partial charge in [-0.1, -0.05) is 19.2 Å². The van der Waals surface area contributed by atoms with E-state index in [1.165, 1.54) is 13.4 Å². The largest absolute Gasteiger partial charge is 0.386 e. The van der Waals surface area contributed by atoms with Gasteiger partial charge in [-0.25, -0.2) is 9.55 Å². The van der Waals surface area contributed by atoms with Gasteiger partial charge >= 0.3 is 6.80 Å². The van der Waals surface area contributed by atoms with Crippen LogP contribution < -0.4 is 11.5 Å². The highest BCUT2D eigenvalue weighted by Crippen LogP contribution is 2.57. The molecule has 0 aromatic carbocycles. The van der Waals surface area contributed by atoms with Crippen molar-refractivity contribution in [3.05, 3.63) is 6.33 Å². The maximum atomic E-state index is 12.6. The fourth-order valence-corrected chi connectivity index (χ4v) is 5.26. The number of anilines is 2. The molecule has 0 saturated carbocycles. The van der Waals surface area contributed by atoms with E-state index in [0.717, 1.165) is 0 Å². The number of fused-ring (bicyclic) bond motifs is 1. The van der Waals surface area contributed by atoms with Crippen LogP contribution in [0.5, 0.6) is 0 Å². The van der Waals surface area contributed by atoms with Crippen molar-refractivity contribution in [2.24, 2.45) is 0 Å². The first-order valence-corrected chi connectivity index (χ1v) is 11.5. The number of hydrogen-bond donors (Lipinski definition) is 3. The molecular weight excluding hydrogens is 407 g/mol. The van der Waals surface area contributed by atoms with Crippen LogP contribution in [-0.2, 0) is 23.1 Å². The minimum atomic E-state index is -3.62. The molecule has 3 heterocycles. The second-order valence-electron chi connectivity index (χ2n) is 6.66. The van der Waals surface area contributed by atoms with Gasteiger partial charge in [-0.3, -0.25) is 13.6 Å². The van der Waals surface area contributed by atoms with E-state index < -0.39 is 31.3 Å². The van der Waals surface area contributed by atoms with Crippen molar-refractivity contribution in [1.82, 2.24) is 19.5 Å². The highest BCUT2D eigenvalue weighted by Gasteiger charge is 2.49. The molecule has 156 valence electrons. The molecule has 28 heavy (non-hydrogen) atoms. The van der Waals surface area contributed by atoms with Crippen LogP contribution in [0.2, 0.25) is 0 Å². The van der Waals surface area contributed by atoms with E-state index in [1.807, 2.05) is 6.92 Å². The summed E-state index contributed by atoms with van der Waals surface area (Å²) in [5.41, 5.74) is 12.4. The molecular formula is C15H25N6O5PS. The van der Waals surface area contributed by atoms with Gasteiger partial charge < -0.3 is 20.9 Å². The number of hydrogen-bond acceptors (Lipinski definition) is 10. The minimum absolute atomic E-state index is 0.0174. The van der Waals surface area contributed by atoms with Gasteiger partial charge in [0.25, 0.3) is 0 Å². The zero-order valence-electron chi connectivity index (χ0n) is 16.1. The van der Waals surface area contributed by atoms with E-state index >= 15 is 0 Å². The van der Waals surface area contributed by atoms with E-state index in [1.54, 1.807) is 18.4 Å². The number of nitrogens with two attached hydrogens (primary N) is 2. The standard InChI is InChI=1S/C15H25N6O5PS/c1-5-8-10(26-27(22,28)25-7(2)3)11(23-4)14(24-8)21-6-18-9-12(16)19-15(17)20-13(9)21/h6-8,10-11,14H,5H2,1-4H3,(H,22,28)(H4,16,17,19,20)/t8-,10+,11+,14-,27?/m1/s1. The molecule has 3 rings (SSSR count). The Morgan fingerprint density at radius 1 is 1.36 bits per heavy atom. The van der Waals surface area contributed by atoms with Gasteiger partial charge in [-0.05, 0) is 20.3 Å². The summed E-state index contributed by atoms with van der Waals surface area (Å²) in [4.78, 5) is 12.4. The maximum absolute atomic E-state index is 12.6. The summed E-state index contributed by atoms with van der Waals surface area (Å²) in [6.07, 6.45) is -0.602. The molecule has 5 atom stereocenters. The molecule has 1 aliphatic rings. The number of methoxy groups -OCH3 is 1. The predicted octanol–water partition coefficient (Wildman–Crippen LogP) is 2.16. The Hall–Kier alpha value is -1.43. The average Bonchev–Trinajstić information content (AvgIpc) is 3.14. The number of nitrogens with zero attached hydrogens (tertiary/aromatic N) is 4. The summed E-state index contributed by atoms with van der Waals surface area (Å²) in [6.45, 7) is 1.80. The van der Waals surface area contributed by atoms with E-state index in [4.69, 9.17) is 30.0 Å². The molecule has 2 aromatic heterocycles. The first-order valence-electron chi connectivity index (χ1n) is 8.80. The molecule has 1 fully saturated rings. The van der Waals surface area contributed by atoms with Gasteiger partial charge in [0.1, 0.15) is 17.7 Å². The van der Waals surface area contributed by atoms with Crippen LogP contribution in [0.15, 0.2) is 6.33 Å². The number of aromatic nitrogens is 4. The first-order chi connectivity index (χ1) is 13.2. The summed E-state index contributed by atoms with van der Waals surface area (Å²) in [5.74, 6) is 0.182. The quantitative estimate of drug-likeness (QED) is 0.439. The van der Waals surface area contributed by atoms with Crippen molar-refractivity contribution in [2.75, 3.05) is 18.6 Å². The van der Waals surface area contributed by atoms with Crippen molar-refractivity contribution >= 4 is 42.0 Å². The maximum Gasteiger partial charge on any atom is 0.386 e. The van der Waals surface area contributed by atoms with Gasteiger partial charge in [0.05, 0.1) is 18.5 Å². The fourth-order valence-electron chi connectivity index (χ4n) is 3.23. The minimum Gasteiger partial charge on any atom is -0.382 e. The molecule has 1 aliphatic heterocycles. The zero-order valence-corrected chi connectivity index (χ0v) is 17.8. The SMILES string of the molecule is CC[C@H]1O[C@@H](n2cnc3c(N)nc(N)nc32)[C@@H](OC)[C@H]1OP(=O)(S)OC(C)C. The number of thiol groups is 1. The summed E-state index contributed by atoms with van der Waals surface area (Å²) in [6, 6.07) is 0. The van der Waals surface area contributed by atoms with E-state index in [9.17, 15) is 4.57 Å². The van der Waals surface area contributed by atoms with Gasteiger partial charge in [0.15, 0.2) is 17.7 Å². The molecule has 1 unspecified atom stereocenters. The van der Waals surface area contributed by atoms with Gasteiger partial charge in [0, 0.05) is 7.11 Å². The van der Waals surface area contributed by atoms with Gasteiger partial charge in [-0.15, -0.1) is 0 Å². The van der Waals surface area contributed by atoms with Crippen molar-refractivity contribution in [2.45, 2.75) is 57.8 Å². The third-order valence-corrected chi connectivity index (χ3v) is 6.06. The third kappa shape index (κ3) is 4.12. The van der Waals surface area contributed by atoms with E-state index in [2.05, 4.69) is 27.2 Å². The molecule has 1 saturated heterocycles. The predicted molar refractivity (Wildman–Crippen MR) is 107 cm³/mol. The lowest BCUT2D eigenvalue weighted by molar-refractivity contribution is -0.0493. The van der Waals surface area contributed by atoms with Crippen LogP contribution in [0.4, 0.5) is 11.8 Å².